The Labute approximate surface area is 173 Å². The van der Waals surface area contributed by atoms with Crippen LogP contribution < -0.4 is 0 Å². The number of nitro benzene ring substituents is 1. The monoisotopic (exact) mass is 436 g/mol. The van der Waals surface area contributed by atoms with E-state index in [2.05, 4.69) is 4.74 Å². The Kier molecular flexibility index (Phi) is 5.76. The minimum Gasteiger partial charge on any atom is -0.467 e. The summed E-state index contributed by atoms with van der Waals surface area (Å²) in [4.78, 5) is 47.4. The quantitative estimate of drug-likeness (QED) is 0.297. The van der Waals surface area contributed by atoms with Crippen LogP contribution in [0.5, 0.6) is 0 Å². The summed E-state index contributed by atoms with van der Waals surface area (Å²) in [6.07, 6.45) is 1.37. The number of furan rings is 1. The predicted octanol–water partition coefficient (Wildman–Crippen LogP) is 4.11. The van der Waals surface area contributed by atoms with Crippen molar-refractivity contribution in [3.63, 3.8) is 0 Å². The van der Waals surface area contributed by atoms with Crippen molar-refractivity contribution < 1.29 is 28.5 Å². The summed E-state index contributed by atoms with van der Waals surface area (Å²) in [7, 11) is 1.17. The highest BCUT2D eigenvalue weighted by Gasteiger charge is 2.41. The highest BCUT2D eigenvalue weighted by molar-refractivity contribution is 8.18. The lowest BCUT2D eigenvalue weighted by Crippen LogP contribution is -2.42. The first kappa shape index (κ1) is 20.6. The number of imide groups is 1. The molecule has 0 spiro atoms. The maximum absolute atomic E-state index is 12.5. The van der Waals surface area contributed by atoms with Crippen LogP contribution >= 0.6 is 23.4 Å². The standard InChI is InChI=1S/C18H13ClN2O7S/c1-9(17(23)27-2)20-16(22)15(29-18(20)24)8-11-4-6-14(28-11)12-5-3-10(21(25)26)7-13(12)19/h3-9H,1-2H3/b15-8+/t9-/m1/s1. The van der Waals surface area contributed by atoms with Crippen molar-refractivity contribution in [2.24, 2.45) is 0 Å². The number of amides is 2. The molecule has 0 bridgehead atoms. The van der Waals surface area contributed by atoms with E-state index in [1.54, 1.807) is 12.1 Å². The Hall–Kier alpha value is -3.11. The molecular weight excluding hydrogens is 424 g/mol. The Morgan fingerprint density at radius 1 is 1.34 bits per heavy atom. The van der Waals surface area contributed by atoms with Crippen LogP contribution in [0.4, 0.5) is 10.5 Å². The van der Waals surface area contributed by atoms with E-state index >= 15 is 0 Å². The number of carbonyl (C=O) groups excluding carboxylic acids is 3. The summed E-state index contributed by atoms with van der Waals surface area (Å²) in [6, 6.07) is 6.05. The highest BCUT2D eigenvalue weighted by Crippen LogP contribution is 2.36. The van der Waals surface area contributed by atoms with Gasteiger partial charge in [-0.25, -0.2) is 4.79 Å². The second kappa shape index (κ2) is 8.10. The van der Waals surface area contributed by atoms with Gasteiger partial charge < -0.3 is 9.15 Å². The maximum Gasteiger partial charge on any atom is 0.328 e. The maximum atomic E-state index is 12.5. The van der Waals surface area contributed by atoms with Crippen LogP contribution in [-0.2, 0) is 14.3 Å². The molecule has 1 atom stereocenters. The van der Waals surface area contributed by atoms with Gasteiger partial charge >= 0.3 is 5.97 Å². The number of non-ortho nitro benzene ring substituents is 1. The summed E-state index contributed by atoms with van der Waals surface area (Å²) in [5, 5.41) is 10.4. The summed E-state index contributed by atoms with van der Waals surface area (Å²) in [6.45, 7) is 1.40. The SMILES string of the molecule is COC(=O)[C@@H](C)N1C(=O)S/C(=C/c2ccc(-c3ccc([N+](=O)[O-])cc3Cl)o2)C1=O. The number of methoxy groups -OCH3 is 1. The van der Waals surface area contributed by atoms with Crippen LogP contribution in [0, 0.1) is 10.1 Å². The zero-order valence-electron chi connectivity index (χ0n) is 15.1. The molecular formula is C18H13ClN2O7S. The second-order valence-electron chi connectivity index (χ2n) is 5.87. The zero-order chi connectivity index (χ0) is 21.3. The third-order valence-corrected chi connectivity index (χ3v) is 5.28. The summed E-state index contributed by atoms with van der Waals surface area (Å²) in [5.74, 6) is -0.741. The van der Waals surface area contributed by atoms with Gasteiger partial charge in [-0.15, -0.1) is 0 Å². The number of thioether (sulfide) groups is 1. The van der Waals surface area contributed by atoms with Crippen LogP contribution in [0.3, 0.4) is 0 Å². The van der Waals surface area contributed by atoms with E-state index in [0.29, 0.717) is 23.1 Å². The van der Waals surface area contributed by atoms with Crippen molar-refractivity contribution in [1.82, 2.24) is 4.90 Å². The van der Waals surface area contributed by atoms with Crippen molar-refractivity contribution >= 4 is 52.2 Å². The van der Waals surface area contributed by atoms with Crippen molar-refractivity contribution in [2.45, 2.75) is 13.0 Å². The number of hydrogen-bond donors (Lipinski definition) is 0. The summed E-state index contributed by atoms with van der Waals surface area (Å²) >= 11 is 6.77. The zero-order valence-corrected chi connectivity index (χ0v) is 16.7. The van der Waals surface area contributed by atoms with Gasteiger partial charge in [-0.2, -0.15) is 0 Å². The molecule has 29 heavy (non-hydrogen) atoms. The van der Waals surface area contributed by atoms with E-state index in [0.717, 1.165) is 4.90 Å². The fourth-order valence-corrected chi connectivity index (χ4v) is 3.77. The van der Waals surface area contributed by atoms with Gasteiger partial charge in [-0.05, 0) is 36.9 Å². The fraction of sp³-hybridized carbons (Fsp3) is 0.167. The molecule has 1 aliphatic rings. The van der Waals surface area contributed by atoms with Crippen molar-refractivity contribution in [1.29, 1.82) is 0 Å². The van der Waals surface area contributed by atoms with Crippen molar-refractivity contribution in [2.75, 3.05) is 7.11 Å². The number of esters is 1. The average Bonchev–Trinajstić information content (AvgIpc) is 3.25. The van der Waals surface area contributed by atoms with Crippen molar-refractivity contribution in [3.05, 3.63) is 56.1 Å². The molecule has 1 fully saturated rings. The number of nitrogens with zero attached hydrogens (tertiary/aromatic N) is 2. The van der Waals surface area contributed by atoms with Crippen LogP contribution in [0.25, 0.3) is 17.4 Å². The molecule has 2 amide bonds. The molecule has 1 saturated heterocycles. The Bertz CT molecular complexity index is 1060. The molecule has 11 heteroatoms. The van der Waals surface area contributed by atoms with E-state index < -0.39 is 28.1 Å². The minimum atomic E-state index is -1.05. The van der Waals surface area contributed by atoms with Gasteiger partial charge in [0.2, 0.25) is 0 Å². The Balaban J connectivity index is 1.85. The normalized spacial score (nSPS) is 16.4. The van der Waals surface area contributed by atoms with Gasteiger partial charge in [0.25, 0.3) is 16.8 Å². The largest absolute Gasteiger partial charge is 0.467 e. The van der Waals surface area contributed by atoms with E-state index in [4.69, 9.17) is 16.0 Å². The summed E-state index contributed by atoms with van der Waals surface area (Å²) in [5.41, 5.74) is 0.281. The van der Waals surface area contributed by atoms with E-state index in [-0.39, 0.29) is 21.4 Å². The number of nitro groups is 1. The van der Waals surface area contributed by atoms with Crippen LogP contribution in [-0.4, -0.2) is 40.1 Å². The van der Waals surface area contributed by atoms with E-state index in [1.165, 1.54) is 38.3 Å². The highest BCUT2D eigenvalue weighted by atomic mass is 35.5. The lowest BCUT2D eigenvalue weighted by molar-refractivity contribution is -0.384. The van der Waals surface area contributed by atoms with Crippen LogP contribution in [0.15, 0.2) is 39.7 Å². The fourth-order valence-electron chi connectivity index (χ4n) is 2.61. The van der Waals surface area contributed by atoms with Crippen LogP contribution in [0.1, 0.15) is 12.7 Å². The molecule has 2 heterocycles. The van der Waals surface area contributed by atoms with Gasteiger partial charge in [-0.3, -0.25) is 24.6 Å². The molecule has 1 aromatic heterocycles. The predicted molar refractivity (Wildman–Crippen MR) is 105 cm³/mol. The second-order valence-corrected chi connectivity index (χ2v) is 7.27. The molecule has 3 rings (SSSR count). The molecule has 0 N–H and O–H groups in total. The van der Waals surface area contributed by atoms with Crippen molar-refractivity contribution in [3.8, 4) is 11.3 Å². The van der Waals surface area contributed by atoms with Gasteiger partial charge in [0.1, 0.15) is 17.6 Å². The average molecular weight is 437 g/mol. The molecule has 9 nitrogen and oxygen atoms in total. The first-order valence-electron chi connectivity index (χ1n) is 8.12. The lowest BCUT2D eigenvalue weighted by atomic mass is 10.1. The van der Waals surface area contributed by atoms with Gasteiger partial charge in [-0.1, -0.05) is 11.6 Å². The number of hydrogen-bond acceptors (Lipinski definition) is 8. The number of ether oxygens (including phenoxy) is 1. The molecule has 0 saturated carbocycles. The number of rotatable bonds is 5. The molecule has 2 aromatic rings. The number of carbonyl (C=O) groups is 3. The Morgan fingerprint density at radius 3 is 2.69 bits per heavy atom. The van der Waals surface area contributed by atoms with Gasteiger partial charge in [0.05, 0.1) is 22.0 Å². The molecule has 1 aliphatic heterocycles. The Morgan fingerprint density at radius 2 is 2.07 bits per heavy atom. The lowest BCUT2D eigenvalue weighted by Gasteiger charge is -2.18. The molecule has 150 valence electrons. The smallest absolute Gasteiger partial charge is 0.328 e. The minimum absolute atomic E-state index is 0.0847. The number of halogens is 1. The first-order chi connectivity index (χ1) is 13.7. The van der Waals surface area contributed by atoms with Gasteiger partial charge in [0, 0.05) is 23.8 Å². The third kappa shape index (κ3) is 4.03. The summed E-state index contributed by atoms with van der Waals surface area (Å²) < 4.78 is 10.2. The van der Waals surface area contributed by atoms with E-state index in [1.807, 2.05) is 0 Å². The van der Waals surface area contributed by atoms with Crippen LogP contribution in [0.2, 0.25) is 5.02 Å². The molecule has 1 aromatic carbocycles. The number of benzene rings is 1. The molecule has 0 aliphatic carbocycles. The van der Waals surface area contributed by atoms with Gasteiger partial charge in [0.15, 0.2) is 0 Å². The molecule has 0 unspecified atom stereocenters. The first-order valence-corrected chi connectivity index (χ1v) is 9.31. The topological polar surface area (TPSA) is 120 Å². The van der Waals surface area contributed by atoms with E-state index in [9.17, 15) is 24.5 Å². The molecule has 0 radical (unpaired) electrons. The third-order valence-electron chi connectivity index (χ3n) is 4.08.